The third kappa shape index (κ3) is 3.44. The first-order valence-corrected chi connectivity index (χ1v) is 7.63. The van der Waals surface area contributed by atoms with Crippen molar-refractivity contribution in [2.24, 2.45) is 7.05 Å². The van der Waals surface area contributed by atoms with E-state index in [0.29, 0.717) is 11.7 Å². The fourth-order valence-corrected chi connectivity index (χ4v) is 2.64. The Bertz CT molecular complexity index is 647. The van der Waals surface area contributed by atoms with Crippen molar-refractivity contribution in [3.05, 3.63) is 23.3 Å². The normalized spacial score (nSPS) is 11.3. The first-order chi connectivity index (χ1) is 9.90. The Morgan fingerprint density at radius 2 is 2.14 bits per heavy atom. The summed E-state index contributed by atoms with van der Waals surface area (Å²) in [7, 11) is 1.90. The fraction of sp³-hybridized carbons (Fsp3) is 0.538. The molecule has 0 amide bonds. The van der Waals surface area contributed by atoms with Gasteiger partial charge in [0.2, 0.25) is 0 Å². The smallest absolute Gasteiger partial charge is 0.313 e. The van der Waals surface area contributed by atoms with Gasteiger partial charge in [-0.1, -0.05) is 25.6 Å². The summed E-state index contributed by atoms with van der Waals surface area (Å²) in [6.07, 6.45) is 1.82. The van der Waals surface area contributed by atoms with Crippen molar-refractivity contribution in [2.45, 2.75) is 38.4 Å². The molecule has 114 valence electrons. The first kappa shape index (κ1) is 15.6. The quantitative estimate of drug-likeness (QED) is 0.817. The summed E-state index contributed by atoms with van der Waals surface area (Å²) in [5.41, 5.74) is 2.16. The lowest BCUT2D eigenvalue weighted by molar-refractivity contribution is -0.133. The Morgan fingerprint density at radius 3 is 2.67 bits per heavy atom. The lowest BCUT2D eigenvalue weighted by Crippen LogP contribution is -2.10. The molecule has 0 unspecified atom stereocenters. The van der Waals surface area contributed by atoms with E-state index in [1.54, 1.807) is 0 Å². The first-order valence-electron chi connectivity index (χ1n) is 6.65. The van der Waals surface area contributed by atoms with E-state index in [1.807, 2.05) is 43.3 Å². The number of carboxylic acids is 1. The largest absolute Gasteiger partial charge is 0.481 e. The molecule has 0 aromatic carbocycles. The second kappa shape index (κ2) is 6.30. The van der Waals surface area contributed by atoms with Crippen LogP contribution in [0.2, 0.25) is 0 Å². The van der Waals surface area contributed by atoms with E-state index in [9.17, 15) is 4.79 Å². The van der Waals surface area contributed by atoms with Crippen molar-refractivity contribution in [3.8, 4) is 0 Å². The molecule has 2 heterocycles. The van der Waals surface area contributed by atoms with Crippen molar-refractivity contribution in [1.82, 2.24) is 24.5 Å². The number of aryl methyl sites for hydroxylation is 1. The second-order valence-electron chi connectivity index (χ2n) is 5.14. The predicted octanol–water partition coefficient (Wildman–Crippen LogP) is 1.67. The van der Waals surface area contributed by atoms with Gasteiger partial charge in [0.25, 0.3) is 0 Å². The van der Waals surface area contributed by atoms with Gasteiger partial charge in [-0.3, -0.25) is 9.48 Å². The lowest BCUT2D eigenvalue weighted by Gasteiger charge is -2.11. The van der Waals surface area contributed by atoms with E-state index in [2.05, 4.69) is 15.3 Å². The summed E-state index contributed by atoms with van der Waals surface area (Å²) in [6, 6.07) is 0. The zero-order valence-electron chi connectivity index (χ0n) is 12.6. The molecule has 0 radical (unpaired) electrons. The molecule has 0 saturated heterocycles. The van der Waals surface area contributed by atoms with Gasteiger partial charge in [0.15, 0.2) is 5.16 Å². The molecule has 0 aliphatic heterocycles. The van der Waals surface area contributed by atoms with Crippen molar-refractivity contribution >= 4 is 17.7 Å². The SMILES string of the molecule is Cc1c(Cn2c(SCC(=O)O)nnc2C(C)C)cnn1C. The monoisotopic (exact) mass is 309 g/mol. The molecule has 0 bridgehead atoms. The molecule has 0 aliphatic carbocycles. The van der Waals surface area contributed by atoms with E-state index in [0.717, 1.165) is 17.1 Å². The summed E-state index contributed by atoms with van der Waals surface area (Å²) in [5.74, 6) is 0.181. The van der Waals surface area contributed by atoms with Gasteiger partial charge in [0.1, 0.15) is 5.82 Å². The van der Waals surface area contributed by atoms with Crippen LogP contribution in [0.25, 0.3) is 0 Å². The topological polar surface area (TPSA) is 85.8 Å². The molecule has 2 rings (SSSR count). The van der Waals surface area contributed by atoms with E-state index < -0.39 is 5.97 Å². The zero-order chi connectivity index (χ0) is 15.6. The molecule has 0 fully saturated rings. The number of thioether (sulfide) groups is 1. The summed E-state index contributed by atoms with van der Waals surface area (Å²) in [6.45, 7) is 6.69. The van der Waals surface area contributed by atoms with E-state index >= 15 is 0 Å². The minimum Gasteiger partial charge on any atom is -0.481 e. The maximum Gasteiger partial charge on any atom is 0.313 e. The van der Waals surface area contributed by atoms with Crippen LogP contribution in [0, 0.1) is 6.92 Å². The highest BCUT2D eigenvalue weighted by Gasteiger charge is 2.18. The van der Waals surface area contributed by atoms with Crippen LogP contribution in [0.3, 0.4) is 0 Å². The Hall–Kier alpha value is -1.83. The number of rotatable bonds is 6. The number of hydrogen-bond acceptors (Lipinski definition) is 5. The summed E-state index contributed by atoms with van der Waals surface area (Å²) in [4.78, 5) is 10.7. The standard InChI is InChI=1S/C13H19N5O2S/c1-8(2)12-15-16-13(21-7-11(19)20)18(12)6-10-5-14-17(4)9(10)3/h5,8H,6-7H2,1-4H3,(H,19,20). The fourth-order valence-electron chi connectivity index (χ4n) is 1.98. The molecule has 1 N–H and O–H groups in total. The highest BCUT2D eigenvalue weighted by Crippen LogP contribution is 2.23. The van der Waals surface area contributed by atoms with Crippen molar-refractivity contribution in [1.29, 1.82) is 0 Å². The lowest BCUT2D eigenvalue weighted by atomic mass is 10.2. The van der Waals surface area contributed by atoms with Gasteiger partial charge >= 0.3 is 5.97 Å². The van der Waals surface area contributed by atoms with Gasteiger partial charge in [0.05, 0.1) is 18.5 Å². The summed E-state index contributed by atoms with van der Waals surface area (Å²) >= 11 is 1.19. The Morgan fingerprint density at radius 1 is 1.43 bits per heavy atom. The maximum absolute atomic E-state index is 10.7. The van der Waals surface area contributed by atoms with Crippen LogP contribution in [0.15, 0.2) is 11.4 Å². The Kier molecular flexibility index (Phi) is 4.66. The van der Waals surface area contributed by atoms with Crippen LogP contribution in [0.5, 0.6) is 0 Å². The number of carbonyl (C=O) groups is 1. The molecule has 0 saturated carbocycles. The van der Waals surface area contributed by atoms with Crippen molar-refractivity contribution < 1.29 is 9.90 Å². The van der Waals surface area contributed by atoms with Crippen LogP contribution < -0.4 is 0 Å². The minimum absolute atomic E-state index is 0.0255. The number of nitrogens with zero attached hydrogens (tertiary/aromatic N) is 5. The molecule has 7 nitrogen and oxygen atoms in total. The van der Waals surface area contributed by atoms with Gasteiger partial charge in [-0.25, -0.2) is 0 Å². The van der Waals surface area contributed by atoms with Gasteiger partial charge in [-0.05, 0) is 6.92 Å². The molecular formula is C13H19N5O2S. The van der Waals surface area contributed by atoms with E-state index in [-0.39, 0.29) is 11.7 Å². The summed E-state index contributed by atoms with van der Waals surface area (Å²) < 4.78 is 3.79. The van der Waals surface area contributed by atoms with Crippen LogP contribution >= 0.6 is 11.8 Å². The third-order valence-electron chi connectivity index (χ3n) is 3.25. The minimum atomic E-state index is -0.863. The Labute approximate surface area is 127 Å². The van der Waals surface area contributed by atoms with E-state index in [1.165, 1.54) is 11.8 Å². The highest BCUT2D eigenvalue weighted by atomic mass is 32.2. The maximum atomic E-state index is 10.7. The van der Waals surface area contributed by atoms with Gasteiger partial charge < -0.3 is 9.67 Å². The molecule has 8 heteroatoms. The molecule has 0 aliphatic rings. The number of aliphatic carboxylic acids is 1. The van der Waals surface area contributed by atoms with Gasteiger partial charge in [0, 0.05) is 24.2 Å². The Balaban J connectivity index is 2.32. The molecule has 2 aromatic heterocycles. The third-order valence-corrected chi connectivity index (χ3v) is 4.20. The van der Waals surface area contributed by atoms with Crippen LogP contribution in [-0.2, 0) is 18.4 Å². The van der Waals surface area contributed by atoms with Gasteiger partial charge in [-0.2, -0.15) is 5.10 Å². The van der Waals surface area contributed by atoms with Crippen LogP contribution in [0.1, 0.15) is 36.8 Å². The van der Waals surface area contributed by atoms with Crippen LogP contribution in [-0.4, -0.2) is 41.4 Å². The number of carboxylic acid groups (broad SMARTS) is 1. The molecule has 2 aromatic rings. The van der Waals surface area contributed by atoms with Crippen LogP contribution in [0.4, 0.5) is 0 Å². The average molecular weight is 309 g/mol. The van der Waals surface area contributed by atoms with Crippen molar-refractivity contribution in [2.75, 3.05) is 5.75 Å². The summed E-state index contributed by atoms with van der Waals surface area (Å²) in [5, 5.41) is 22.0. The molecular weight excluding hydrogens is 290 g/mol. The second-order valence-corrected chi connectivity index (χ2v) is 6.09. The highest BCUT2D eigenvalue weighted by molar-refractivity contribution is 7.99. The molecule has 0 atom stereocenters. The molecule has 21 heavy (non-hydrogen) atoms. The van der Waals surface area contributed by atoms with Gasteiger partial charge in [-0.15, -0.1) is 10.2 Å². The van der Waals surface area contributed by atoms with E-state index in [4.69, 9.17) is 5.11 Å². The molecule has 0 spiro atoms. The van der Waals surface area contributed by atoms with Crippen molar-refractivity contribution in [3.63, 3.8) is 0 Å². The number of aromatic nitrogens is 5. The zero-order valence-corrected chi connectivity index (χ0v) is 13.4. The number of hydrogen-bond donors (Lipinski definition) is 1. The average Bonchev–Trinajstić information content (AvgIpc) is 2.95. The predicted molar refractivity (Wildman–Crippen MR) is 79.5 cm³/mol.